The first-order chi connectivity index (χ1) is 11.2. The predicted molar refractivity (Wildman–Crippen MR) is 87.1 cm³/mol. The van der Waals surface area contributed by atoms with E-state index in [9.17, 15) is 4.79 Å². The summed E-state index contributed by atoms with van der Waals surface area (Å²) in [5.41, 5.74) is 2.63. The normalized spacial score (nSPS) is 10.7. The van der Waals surface area contributed by atoms with Crippen LogP contribution in [-0.2, 0) is 12.8 Å². The van der Waals surface area contributed by atoms with Gasteiger partial charge in [-0.2, -0.15) is 0 Å². The third-order valence-corrected chi connectivity index (χ3v) is 3.77. The van der Waals surface area contributed by atoms with Gasteiger partial charge < -0.3 is 14.5 Å². The number of aryl methyl sites for hydroxylation is 2. The van der Waals surface area contributed by atoms with E-state index in [-0.39, 0.29) is 5.56 Å². The molecule has 0 saturated heterocycles. The molecule has 6 nitrogen and oxygen atoms in total. The highest BCUT2D eigenvalue weighted by Gasteiger charge is 2.08. The van der Waals surface area contributed by atoms with Crippen molar-refractivity contribution in [3.8, 4) is 11.5 Å². The van der Waals surface area contributed by atoms with Crippen LogP contribution in [0.2, 0.25) is 0 Å². The highest BCUT2D eigenvalue weighted by molar-refractivity contribution is 5.79. The van der Waals surface area contributed by atoms with Crippen LogP contribution in [0.5, 0.6) is 11.5 Å². The number of rotatable bonds is 5. The molecule has 0 aliphatic rings. The summed E-state index contributed by atoms with van der Waals surface area (Å²) in [6.07, 6.45) is 6.27. The van der Waals surface area contributed by atoms with Gasteiger partial charge in [-0.25, -0.2) is 9.97 Å². The van der Waals surface area contributed by atoms with Crippen LogP contribution in [0, 0.1) is 0 Å². The van der Waals surface area contributed by atoms with Gasteiger partial charge in [-0.3, -0.25) is 4.79 Å². The van der Waals surface area contributed by atoms with Crippen molar-refractivity contribution in [2.75, 3.05) is 14.2 Å². The highest BCUT2D eigenvalue weighted by Crippen LogP contribution is 2.28. The first kappa shape index (κ1) is 15.0. The van der Waals surface area contributed by atoms with Gasteiger partial charge in [0.05, 0.1) is 25.1 Å². The van der Waals surface area contributed by atoms with E-state index in [2.05, 4.69) is 15.0 Å². The van der Waals surface area contributed by atoms with Crippen molar-refractivity contribution in [2.45, 2.75) is 12.8 Å². The second-order valence-electron chi connectivity index (χ2n) is 5.12. The van der Waals surface area contributed by atoms with E-state index in [0.717, 1.165) is 24.0 Å². The van der Waals surface area contributed by atoms with E-state index >= 15 is 0 Å². The Labute approximate surface area is 133 Å². The first-order valence-corrected chi connectivity index (χ1v) is 7.24. The summed E-state index contributed by atoms with van der Waals surface area (Å²) in [4.78, 5) is 22.7. The molecule has 0 atom stereocenters. The number of aromatic nitrogens is 3. The quantitative estimate of drug-likeness (QED) is 0.781. The van der Waals surface area contributed by atoms with Gasteiger partial charge in [0.2, 0.25) is 0 Å². The van der Waals surface area contributed by atoms with E-state index in [1.165, 1.54) is 6.33 Å². The van der Waals surface area contributed by atoms with Gasteiger partial charge in [0.15, 0.2) is 11.5 Å². The zero-order valence-electron chi connectivity index (χ0n) is 13.0. The lowest BCUT2D eigenvalue weighted by molar-refractivity contribution is 0.354. The number of pyridine rings is 1. The molecule has 0 bridgehead atoms. The fourth-order valence-corrected chi connectivity index (χ4v) is 2.56. The summed E-state index contributed by atoms with van der Waals surface area (Å²) in [6.45, 7) is 0. The second-order valence-corrected chi connectivity index (χ2v) is 5.12. The molecule has 6 heteroatoms. The maximum Gasteiger partial charge on any atom is 0.258 e. The Hall–Kier alpha value is -2.89. The van der Waals surface area contributed by atoms with Gasteiger partial charge in [0.1, 0.15) is 6.33 Å². The summed E-state index contributed by atoms with van der Waals surface area (Å²) < 4.78 is 10.6. The Bertz CT molecular complexity index is 890. The molecule has 0 unspecified atom stereocenters. The summed E-state index contributed by atoms with van der Waals surface area (Å²) >= 11 is 0. The number of ether oxygens (including phenoxy) is 2. The van der Waals surface area contributed by atoms with Crippen LogP contribution in [0.4, 0.5) is 0 Å². The number of hydrogen-bond donors (Lipinski definition) is 1. The first-order valence-electron chi connectivity index (χ1n) is 7.24. The molecule has 0 aliphatic heterocycles. The number of benzene rings is 1. The van der Waals surface area contributed by atoms with Gasteiger partial charge in [-0.05, 0) is 36.1 Å². The standard InChI is InChI=1S/C17H17N3O3/c1-22-14-6-4-11(7-15(14)23-2)3-5-12-8-19-17(21)13-9-18-10-20-16(12)13/h4,6-10H,3,5H2,1-2H3,(H,19,21). The second kappa shape index (κ2) is 6.48. The molecule has 0 fully saturated rings. The van der Waals surface area contributed by atoms with Crippen LogP contribution < -0.4 is 15.0 Å². The number of methoxy groups -OCH3 is 2. The molecule has 0 saturated carbocycles. The van der Waals surface area contributed by atoms with Crippen LogP contribution >= 0.6 is 0 Å². The molecule has 0 aliphatic carbocycles. The average molecular weight is 311 g/mol. The maximum absolute atomic E-state index is 11.8. The van der Waals surface area contributed by atoms with Crippen molar-refractivity contribution in [2.24, 2.45) is 0 Å². The molecule has 0 radical (unpaired) electrons. The Morgan fingerprint density at radius 3 is 2.74 bits per heavy atom. The number of aromatic amines is 1. The van der Waals surface area contributed by atoms with Crippen LogP contribution in [0.1, 0.15) is 11.1 Å². The lowest BCUT2D eigenvalue weighted by Crippen LogP contribution is -2.09. The largest absolute Gasteiger partial charge is 0.493 e. The SMILES string of the molecule is COc1ccc(CCc2c[nH]c(=O)c3cncnc23)cc1OC. The molecule has 2 aromatic heterocycles. The number of nitrogens with zero attached hydrogens (tertiary/aromatic N) is 2. The molecule has 3 rings (SSSR count). The fourth-order valence-electron chi connectivity index (χ4n) is 2.56. The lowest BCUT2D eigenvalue weighted by Gasteiger charge is -2.10. The number of H-pyrrole nitrogens is 1. The molecule has 1 N–H and O–H groups in total. The van der Waals surface area contributed by atoms with Crippen LogP contribution in [0.25, 0.3) is 10.9 Å². The van der Waals surface area contributed by atoms with Gasteiger partial charge in [0, 0.05) is 12.4 Å². The van der Waals surface area contributed by atoms with E-state index in [1.54, 1.807) is 26.6 Å². The molecule has 0 amide bonds. The molecular formula is C17H17N3O3. The number of hydrogen-bond acceptors (Lipinski definition) is 5. The smallest absolute Gasteiger partial charge is 0.258 e. The Morgan fingerprint density at radius 1 is 1.13 bits per heavy atom. The average Bonchev–Trinajstić information content (AvgIpc) is 2.61. The lowest BCUT2D eigenvalue weighted by atomic mass is 10.0. The van der Waals surface area contributed by atoms with Gasteiger partial charge in [-0.1, -0.05) is 6.07 Å². The Kier molecular flexibility index (Phi) is 4.23. The molecule has 0 spiro atoms. The minimum Gasteiger partial charge on any atom is -0.493 e. The van der Waals surface area contributed by atoms with E-state index in [0.29, 0.717) is 22.4 Å². The van der Waals surface area contributed by atoms with Crippen molar-refractivity contribution >= 4 is 10.9 Å². The third-order valence-electron chi connectivity index (χ3n) is 3.77. The van der Waals surface area contributed by atoms with Gasteiger partial charge in [0.25, 0.3) is 5.56 Å². The van der Waals surface area contributed by atoms with Crippen LogP contribution in [0.3, 0.4) is 0 Å². The minimum atomic E-state index is -0.171. The molecule has 3 aromatic rings. The minimum absolute atomic E-state index is 0.171. The van der Waals surface area contributed by atoms with Crippen LogP contribution in [-0.4, -0.2) is 29.2 Å². The molecule has 2 heterocycles. The van der Waals surface area contributed by atoms with E-state index in [1.807, 2.05) is 18.2 Å². The van der Waals surface area contributed by atoms with Crippen molar-refractivity contribution < 1.29 is 9.47 Å². The van der Waals surface area contributed by atoms with Crippen molar-refractivity contribution in [1.82, 2.24) is 15.0 Å². The van der Waals surface area contributed by atoms with Crippen molar-refractivity contribution in [1.29, 1.82) is 0 Å². The third kappa shape index (κ3) is 3.01. The van der Waals surface area contributed by atoms with Gasteiger partial charge >= 0.3 is 0 Å². The fraction of sp³-hybridized carbons (Fsp3) is 0.235. The Balaban J connectivity index is 1.87. The van der Waals surface area contributed by atoms with Crippen LogP contribution in [0.15, 0.2) is 41.7 Å². The van der Waals surface area contributed by atoms with Crippen molar-refractivity contribution in [3.05, 3.63) is 58.4 Å². The zero-order chi connectivity index (χ0) is 16.2. The summed E-state index contributed by atoms with van der Waals surface area (Å²) in [5.74, 6) is 1.41. The highest BCUT2D eigenvalue weighted by atomic mass is 16.5. The topological polar surface area (TPSA) is 77.1 Å². The molecular weight excluding hydrogens is 294 g/mol. The number of nitrogens with one attached hydrogen (secondary N) is 1. The summed E-state index contributed by atoms with van der Waals surface area (Å²) in [7, 11) is 3.23. The predicted octanol–water partition coefficient (Wildman–Crippen LogP) is 2.12. The molecule has 1 aromatic carbocycles. The van der Waals surface area contributed by atoms with E-state index in [4.69, 9.17) is 9.47 Å². The summed E-state index contributed by atoms with van der Waals surface area (Å²) in [5, 5.41) is 0.511. The Morgan fingerprint density at radius 2 is 1.96 bits per heavy atom. The summed E-state index contributed by atoms with van der Waals surface area (Å²) in [6, 6.07) is 5.85. The monoisotopic (exact) mass is 311 g/mol. The van der Waals surface area contributed by atoms with E-state index < -0.39 is 0 Å². The zero-order valence-corrected chi connectivity index (χ0v) is 13.0. The maximum atomic E-state index is 11.8. The van der Waals surface area contributed by atoms with Gasteiger partial charge in [-0.15, -0.1) is 0 Å². The molecule has 23 heavy (non-hydrogen) atoms. The number of fused-ring (bicyclic) bond motifs is 1. The molecule has 118 valence electrons. The van der Waals surface area contributed by atoms with Crippen molar-refractivity contribution in [3.63, 3.8) is 0 Å².